The van der Waals surface area contributed by atoms with Crippen LogP contribution in [0.1, 0.15) is 0 Å². The van der Waals surface area contributed by atoms with Crippen LogP contribution in [0.3, 0.4) is 0 Å². The zero-order valence-corrected chi connectivity index (χ0v) is 20.4. The average molecular weight is 524 g/mol. The van der Waals surface area contributed by atoms with Crippen molar-refractivity contribution in [3.8, 4) is 0 Å². The third-order valence-electron chi connectivity index (χ3n) is 4.72. The highest BCUT2D eigenvalue weighted by molar-refractivity contribution is 7.32. The molecular formula is C14H33N5O10P3+3. The molecule has 1 saturated heterocycles. The standard InChI is InChI=1S/C14H30N5O10P3/c15-9-14(20)10-16-1-3-17(11-27-30(21)22)5-7-19(13-29-32(25)26)8-6-18(4-2-16)12-28-31(23)24/h14,20H,1-13,15H2/p+3. The topological polar surface area (TPSA) is 199 Å². The molecule has 1 aliphatic heterocycles. The van der Waals surface area contributed by atoms with Crippen LogP contribution in [-0.4, -0.2) is 131 Å². The molecule has 0 amide bonds. The predicted octanol–water partition coefficient (Wildman–Crippen LogP) is -1.60. The van der Waals surface area contributed by atoms with Crippen molar-refractivity contribution in [1.82, 2.24) is 19.6 Å². The van der Waals surface area contributed by atoms with Gasteiger partial charge in [0.15, 0.2) is 20.2 Å². The Bertz CT molecular complexity index is 561. The summed E-state index contributed by atoms with van der Waals surface area (Å²) in [5.74, 6) is 0. The molecule has 0 aromatic heterocycles. The van der Waals surface area contributed by atoms with Gasteiger partial charge in [-0.05, 0) is 0 Å². The third kappa shape index (κ3) is 14.9. The van der Waals surface area contributed by atoms with Crippen LogP contribution in [0.25, 0.3) is 0 Å². The molecule has 1 heterocycles. The Morgan fingerprint density at radius 1 is 0.656 bits per heavy atom. The summed E-state index contributed by atoms with van der Waals surface area (Å²) in [5, 5.41) is 9.97. The third-order valence-corrected chi connectivity index (χ3v) is 5.73. The second-order valence-corrected chi connectivity index (χ2v) is 9.23. The van der Waals surface area contributed by atoms with Gasteiger partial charge >= 0.3 is 24.8 Å². The first-order valence-electron chi connectivity index (χ1n) is 9.84. The molecule has 0 radical (unpaired) electrons. The molecule has 0 bridgehead atoms. The van der Waals surface area contributed by atoms with Crippen LogP contribution in [0.2, 0.25) is 0 Å². The van der Waals surface area contributed by atoms with E-state index in [0.717, 1.165) is 0 Å². The average Bonchev–Trinajstić information content (AvgIpc) is 2.73. The molecule has 0 aliphatic carbocycles. The Balaban J connectivity index is 2.90. The molecule has 1 rings (SSSR count). The highest BCUT2D eigenvalue weighted by Gasteiger charge is 2.24. The molecule has 4 atom stereocenters. The second kappa shape index (κ2) is 17.3. The summed E-state index contributed by atoms with van der Waals surface area (Å²) in [5.41, 5.74) is 5.53. The van der Waals surface area contributed by atoms with E-state index in [1.165, 1.54) is 0 Å². The lowest BCUT2D eigenvalue weighted by Crippen LogP contribution is -2.48. The van der Waals surface area contributed by atoms with Crippen molar-refractivity contribution in [3.05, 3.63) is 0 Å². The van der Waals surface area contributed by atoms with Crippen LogP contribution in [0.15, 0.2) is 0 Å². The Labute approximate surface area is 189 Å². The van der Waals surface area contributed by atoms with Gasteiger partial charge in [-0.25, -0.2) is 0 Å². The van der Waals surface area contributed by atoms with E-state index in [-0.39, 0.29) is 26.7 Å². The lowest BCUT2D eigenvalue weighted by Gasteiger charge is -2.32. The number of hydrogen-bond acceptors (Lipinski definition) is 12. The van der Waals surface area contributed by atoms with Crippen LogP contribution in [0, 0.1) is 0 Å². The molecule has 1 fully saturated rings. The zero-order valence-electron chi connectivity index (χ0n) is 17.7. The first-order valence-corrected chi connectivity index (χ1v) is 13.2. The molecule has 0 saturated carbocycles. The fourth-order valence-corrected chi connectivity index (χ4v) is 3.70. The number of nitrogens with zero attached hydrogens (tertiary/aromatic N) is 4. The lowest BCUT2D eigenvalue weighted by molar-refractivity contribution is 0.0368. The molecule has 0 aromatic rings. The van der Waals surface area contributed by atoms with Crippen molar-refractivity contribution in [1.29, 1.82) is 0 Å². The van der Waals surface area contributed by atoms with Gasteiger partial charge in [-0.1, -0.05) is 0 Å². The van der Waals surface area contributed by atoms with Crippen LogP contribution in [-0.2, 0) is 27.3 Å². The maximum absolute atomic E-state index is 11.0. The number of aliphatic hydroxyl groups excluding tert-OH is 1. The summed E-state index contributed by atoms with van der Waals surface area (Å²) >= 11 is 0. The molecule has 4 unspecified atom stereocenters. The van der Waals surface area contributed by atoms with Gasteiger partial charge in [-0.15, -0.1) is 28.3 Å². The largest absolute Gasteiger partial charge is 0.696 e. The number of nitrogens with two attached hydrogens (primary N) is 1. The Morgan fingerprint density at radius 3 is 1.19 bits per heavy atom. The zero-order chi connectivity index (χ0) is 23.9. The Kier molecular flexibility index (Phi) is 16.1. The first-order chi connectivity index (χ1) is 15.2. The molecule has 0 aromatic carbocycles. The van der Waals surface area contributed by atoms with E-state index in [1.54, 1.807) is 14.7 Å². The summed E-state index contributed by atoms with van der Waals surface area (Å²) < 4.78 is 47.3. The molecule has 1 aliphatic rings. The van der Waals surface area contributed by atoms with E-state index < -0.39 is 30.9 Å². The van der Waals surface area contributed by atoms with E-state index in [9.17, 15) is 18.8 Å². The van der Waals surface area contributed by atoms with Gasteiger partial charge in [0.2, 0.25) is 0 Å². The molecule has 186 valence electrons. The van der Waals surface area contributed by atoms with Crippen LogP contribution in [0.4, 0.5) is 0 Å². The van der Waals surface area contributed by atoms with Crippen LogP contribution < -0.4 is 5.73 Å². The highest BCUT2D eigenvalue weighted by atomic mass is 31.1. The van der Waals surface area contributed by atoms with E-state index in [2.05, 4.69) is 0 Å². The number of rotatable bonds is 12. The minimum absolute atomic E-state index is 0.0915. The minimum atomic E-state index is -2.78. The minimum Gasteiger partial charge on any atom is -0.390 e. The quantitative estimate of drug-likeness (QED) is 0.183. The molecule has 6 N–H and O–H groups in total. The highest BCUT2D eigenvalue weighted by Crippen LogP contribution is 2.17. The summed E-state index contributed by atoms with van der Waals surface area (Å²) in [6.07, 6.45) is -0.732. The van der Waals surface area contributed by atoms with Gasteiger partial charge in [0.25, 0.3) is 0 Å². The maximum Gasteiger partial charge on any atom is 0.696 e. The molecule has 18 heteroatoms. The first kappa shape index (κ1) is 29.9. The van der Waals surface area contributed by atoms with Crippen molar-refractivity contribution >= 4 is 24.8 Å². The van der Waals surface area contributed by atoms with Crippen molar-refractivity contribution in [2.75, 3.05) is 85.6 Å². The van der Waals surface area contributed by atoms with Gasteiger partial charge in [0, 0.05) is 79.1 Å². The van der Waals surface area contributed by atoms with E-state index in [0.29, 0.717) is 58.9 Å². The van der Waals surface area contributed by atoms with Crippen LogP contribution >= 0.6 is 24.8 Å². The molecule has 15 nitrogen and oxygen atoms in total. The van der Waals surface area contributed by atoms with Crippen molar-refractivity contribution in [3.63, 3.8) is 0 Å². The number of hydrogen-bond donors (Lipinski definition) is 5. The van der Waals surface area contributed by atoms with E-state index in [1.807, 2.05) is 4.90 Å². The van der Waals surface area contributed by atoms with Crippen LogP contribution in [0.5, 0.6) is 0 Å². The van der Waals surface area contributed by atoms with E-state index in [4.69, 9.17) is 34.0 Å². The lowest BCUT2D eigenvalue weighted by atomic mass is 10.3. The second-order valence-electron chi connectivity index (χ2n) is 7.03. The van der Waals surface area contributed by atoms with Crippen molar-refractivity contribution in [2.24, 2.45) is 5.73 Å². The van der Waals surface area contributed by atoms with Crippen molar-refractivity contribution in [2.45, 2.75) is 6.10 Å². The predicted molar refractivity (Wildman–Crippen MR) is 114 cm³/mol. The van der Waals surface area contributed by atoms with Gasteiger partial charge < -0.3 is 10.8 Å². The normalized spacial score (nSPS) is 21.5. The van der Waals surface area contributed by atoms with Gasteiger partial charge in [0.05, 0.1) is 6.10 Å². The summed E-state index contributed by atoms with van der Waals surface area (Å²) in [6.45, 7) is 3.57. The van der Waals surface area contributed by atoms with Gasteiger partial charge in [-0.2, -0.15) is 0 Å². The van der Waals surface area contributed by atoms with E-state index >= 15 is 0 Å². The Hall–Kier alpha value is -0.180. The summed E-state index contributed by atoms with van der Waals surface area (Å²) in [4.78, 5) is 34.2. The summed E-state index contributed by atoms with van der Waals surface area (Å²) in [6, 6.07) is 0. The molecule has 32 heavy (non-hydrogen) atoms. The monoisotopic (exact) mass is 524 g/mol. The van der Waals surface area contributed by atoms with Gasteiger partial charge in [-0.3, -0.25) is 19.6 Å². The van der Waals surface area contributed by atoms with Gasteiger partial charge in [0.1, 0.15) is 0 Å². The maximum atomic E-state index is 11.0. The number of aliphatic hydroxyl groups is 1. The molecular weight excluding hydrogens is 491 g/mol. The van der Waals surface area contributed by atoms with Crippen molar-refractivity contribution < 1.29 is 47.1 Å². The fraction of sp³-hybridized carbons (Fsp3) is 1.00. The fourth-order valence-electron chi connectivity index (χ4n) is 2.91. The summed E-state index contributed by atoms with van der Waals surface area (Å²) in [7, 11) is -8.32. The Morgan fingerprint density at radius 2 is 0.938 bits per heavy atom. The number of β-amino-alcohol motifs (C(OH)–C–C–N with tert-alkyl or cyclic N) is 1. The smallest absolute Gasteiger partial charge is 0.390 e. The molecule has 0 spiro atoms. The SMILES string of the molecule is NCC(O)CN1CCN(CO[P+](=O)O)CCN(CO[P+](=O)O)CCN(CO[P+](=O)O)CC1.